The Hall–Kier alpha value is -2.57. The van der Waals surface area contributed by atoms with E-state index >= 15 is 0 Å². The van der Waals surface area contributed by atoms with Crippen molar-refractivity contribution in [1.82, 2.24) is 10.2 Å². The Bertz CT molecular complexity index is 692. The summed E-state index contributed by atoms with van der Waals surface area (Å²) in [5.74, 6) is 1.44. The number of carbonyl (C=O) groups excluding carboxylic acids is 1. The zero-order valence-corrected chi connectivity index (χ0v) is 16.2. The van der Waals surface area contributed by atoms with E-state index in [2.05, 4.69) is 10.2 Å². The van der Waals surface area contributed by atoms with Gasteiger partial charge >= 0.3 is 0 Å². The molecule has 0 spiro atoms. The van der Waals surface area contributed by atoms with Gasteiger partial charge in [0.2, 0.25) is 5.91 Å². The quantitative estimate of drug-likeness (QED) is 0.614. The Morgan fingerprint density at radius 2 is 1.78 bits per heavy atom. The number of para-hydroxylation sites is 1. The van der Waals surface area contributed by atoms with Gasteiger partial charge in [-0.15, -0.1) is 0 Å². The van der Waals surface area contributed by atoms with Crippen molar-refractivity contribution in [3.05, 3.63) is 60.2 Å². The Labute approximate surface area is 161 Å². The van der Waals surface area contributed by atoms with Gasteiger partial charge in [-0.1, -0.05) is 30.3 Å². The summed E-state index contributed by atoms with van der Waals surface area (Å²) in [5, 5.41) is 2.92. The lowest BCUT2D eigenvalue weighted by Crippen LogP contribution is -2.36. The van der Waals surface area contributed by atoms with Gasteiger partial charge in [0.05, 0.1) is 19.8 Å². The molecule has 0 aliphatic carbocycles. The molecule has 0 saturated heterocycles. The molecule has 1 unspecified atom stereocenters. The number of amides is 1. The molecule has 0 aliphatic heterocycles. The van der Waals surface area contributed by atoms with Crippen LogP contribution in [0.15, 0.2) is 54.6 Å². The molecule has 6 heteroatoms. The van der Waals surface area contributed by atoms with Crippen molar-refractivity contribution in [2.45, 2.75) is 6.04 Å². The third-order valence-electron chi connectivity index (χ3n) is 4.07. The van der Waals surface area contributed by atoms with Crippen molar-refractivity contribution in [2.24, 2.45) is 0 Å². The van der Waals surface area contributed by atoms with Crippen LogP contribution >= 0.6 is 0 Å². The summed E-state index contributed by atoms with van der Waals surface area (Å²) in [6.45, 7) is 1.26. The Balaban J connectivity index is 1.70. The molecule has 1 atom stereocenters. The summed E-state index contributed by atoms with van der Waals surface area (Å²) < 4.78 is 16.2. The number of hydrogen-bond acceptors (Lipinski definition) is 5. The Morgan fingerprint density at radius 1 is 1.04 bits per heavy atom. The maximum atomic E-state index is 12.0. The average molecular weight is 372 g/mol. The first-order valence-electron chi connectivity index (χ1n) is 8.93. The molecule has 6 nitrogen and oxygen atoms in total. The lowest BCUT2D eigenvalue weighted by Gasteiger charge is -2.25. The number of ether oxygens (including phenoxy) is 3. The van der Waals surface area contributed by atoms with Crippen LogP contribution in [0, 0.1) is 0 Å². The van der Waals surface area contributed by atoms with Crippen molar-refractivity contribution < 1.29 is 19.0 Å². The summed E-state index contributed by atoms with van der Waals surface area (Å²) in [6, 6.07) is 17.4. The van der Waals surface area contributed by atoms with Crippen LogP contribution < -0.4 is 14.8 Å². The van der Waals surface area contributed by atoms with Gasteiger partial charge < -0.3 is 24.4 Å². The molecule has 1 amide bonds. The van der Waals surface area contributed by atoms with Crippen molar-refractivity contribution in [3.8, 4) is 11.5 Å². The SMILES string of the molecule is COc1cccc(C(CNC(=O)COCCOc2ccccc2)N(C)C)c1. The van der Waals surface area contributed by atoms with Gasteiger partial charge in [0.25, 0.3) is 0 Å². The van der Waals surface area contributed by atoms with Gasteiger partial charge in [-0.2, -0.15) is 0 Å². The second-order valence-corrected chi connectivity index (χ2v) is 6.27. The van der Waals surface area contributed by atoms with E-state index in [0.29, 0.717) is 19.8 Å². The number of likely N-dealkylation sites (N-methyl/N-ethyl adjacent to an activating group) is 1. The summed E-state index contributed by atoms with van der Waals surface area (Å²) >= 11 is 0. The van der Waals surface area contributed by atoms with Crippen molar-refractivity contribution in [3.63, 3.8) is 0 Å². The first-order valence-corrected chi connectivity index (χ1v) is 8.93. The summed E-state index contributed by atoms with van der Waals surface area (Å²) in [5.41, 5.74) is 1.08. The molecule has 1 N–H and O–H groups in total. The number of benzene rings is 2. The zero-order chi connectivity index (χ0) is 19.5. The number of rotatable bonds is 11. The summed E-state index contributed by atoms with van der Waals surface area (Å²) in [7, 11) is 5.60. The average Bonchev–Trinajstić information content (AvgIpc) is 2.68. The minimum absolute atomic E-state index is 0.0103. The van der Waals surface area contributed by atoms with Crippen LogP contribution in [0.3, 0.4) is 0 Å². The van der Waals surface area contributed by atoms with Crippen LogP contribution in [0.5, 0.6) is 11.5 Å². The molecule has 0 radical (unpaired) electrons. The predicted molar refractivity (Wildman–Crippen MR) is 105 cm³/mol. The maximum absolute atomic E-state index is 12.0. The van der Waals surface area contributed by atoms with E-state index < -0.39 is 0 Å². The van der Waals surface area contributed by atoms with Gasteiger partial charge in [0.1, 0.15) is 24.7 Å². The van der Waals surface area contributed by atoms with E-state index in [1.54, 1.807) is 7.11 Å². The molecule has 2 aromatic rings. The highest BCUT2D eigenvalue weighted by molar-refractivity contribution is 5.77. The van der Waals surface area contributed by atoms with E-state index in [1.807, 2.05) is 68.7 Å². The number of hydrogen-bond donors (Lipinski definition) is 1. The van der Waals surface area contributed by atoms with Crippen LogP contribution in [0.1, 0.15) is 11.6 Å². The Kier molecular flexibility index (Phi) is 8.61. The first-order chi connectivity index (χ1) is 13.1. The molecule has 0 bridgehead atoms. The van der Waals surface area contributed by atoms with Crippen LogP contribution in [0.4, 0.5) is 0 Å². The zero-order valence-electron chi connectivity index (χ0n) is 16.2. The molecule has 2 rings (SSSR count). The monoisotopic (exact) mass is 372 g/mol. The lowest BCUT2D eigenvalue weighted by molar-refractivity contribution is -0.126. The second kappa shape index (κ2) is 11.2. The smallest absolute Gasteiger partial charge is 0.246 e. The molecular formula is C21H28N2O4. The first kappa shape index (κ1) is 20.7. The highest BCUT2D eigenvalue weighted by Gasteiger charge is 2.16. The minimum atomic E-state index is -0.149. The third-order valence-corrected chi connectivity index (χ3v) is 4.07. The molecular weight excluding hydrogens is 344 g/mol. The molecule has 0 aliphatic rings. The number of nitrogens with zero attached hydrogens (tertiary/aromatic N) is 1. The molecule has 27 heavy (non-hydrogen) atoms. The van der Waals surface area contributed by atoms with Crippen LogP contribution in [-0.2, 0) is 9.53 Å². The van der Waals surface area contributed by atoms with Gasteiger partial charge in [0, 0.05) is 6.54 Å². The molecule has 2 aromatic carbocycles. The van der Waals surface area contributed by atoms with Crippen molar-refractivity contribution in [1.29, 1.82) is 0 Å². The number of carbonyl (C=O) groups is 1. The van der Waals surface area contributed by atoms with Gasteiger partial charge in [-0.25, -0.2) is 0 Å². The van der Waals surface area contributed by atoms with E-state index in [0.717, 1.165) is 17.1 Å². The maximum Gasteiger partial charge on any atom is 0.246 e. The highest BCUT2D eigenvalue weighted by Crippen LogP contribution is 2.22. The fraction of sp³-hybridized carbons (Fsp3) is 0.381. The van der Waals surface area contributed by atoms with Gasteiger partial charge in [-0.3, -0.25) is 4.79 Å². The molecule has 146 valence electrons. The molecule has 0 saturated carbocycles. The van der Waals surface area contributed by atoms with Crippen molar-refractivity contribution in [2.75, 3.05) is 47.6 Å². The standard InChI is InChI=1S/C21H28N2O4/c1-23(2)20(17-8-7-11-19(14-17)25-3)15-22-21(24)16-26-12-13-27-18-9-5-4-6-10-18/h4-11,14,20H,12-13,15-16H2,1-3H3,(H,22,24). The van der Waals surface area contributed by atoms with E-state index in [9.17, 15) is 4.79 Å². The van der Waals surface area contributed by atoms with Crippen LogP contribution in [0.2, 0.25) is 0 Å². The molecule has 0 fully saturated rings. The van der Waals surface area contributed by atoms with Crippen LogP contribution in [-0.4, -0.2) is 58.4 Å². The molecule has 0 heterocycles. The fourth-order valence-electron chi connectivity index (χ4n) is 2.61. The highest BCUT2D eigenvalue weighted by atomic mass is 16.5. The van der Waals surface area contributed by atoms with Crippen LogP contribution in [0.25, 0.3) is 0 Å². The van der Waals surface area contributed by atoms with Gasteiger partial charge in [-0.05, 0) is 43.9 Å². The Morgan fingerprint density at radius 3 is 2.48 bits per heavy atom. The minimum Gasteiger partial charge on any atom is -0.497 e. The summed E-state index contributed by atoms with van der Waals surface area (Å²) in [6.07, 6.45) is 0. The van der Waals surface area contributed by atoms with Crippen molar-refractivity contribution >= 4 is 5.91 Å². The number of nitrogens with one attached hydrogen (secondary N) is 1. The predicted octanol–water partition coefficient (Wildman–Crippen LogP) is 2.51. The third kappa shape index (κ3) is 7.29. The van der Waals surface area contributed by atoms with Gasteiger partial charge in [0.15, 0.2) is 0 Å². The van der Waals surface area contributed by atoms with E-state index in [-0.39, 0.29) is 18.6 Å². The van der Waals surface area contributed by atoms with E-state index in [1.165, 1.54) is 0 Å². The van der Waals surface area contributed by atoms with E-state index in [4.69, 9.17) is 14.2 Å². The second-order valence-electron chi connectivity index (χ2n) is 6.27. The fourth-order valence-corrected chi connectivity index (χ4v) is 2.61. The summed E-state index contributed by atoms with van der Waals surface area (Å²) in [4.78, 5) is 14.1. The normalized spacial score (nSPS) is 11.9. The number of methoxy groups -OCH3 is 1. The lowest BCUT2D eigenvalue weighted by atomic mass is 10.1. The topological polar surface area (TPSA) is 60.0 Å². The largest absolute Gasteiger partial charge is 0.497 e. The molecule has 0 aromatic heterocycles.